The molecule has 1 heterocycles. The minimum atomic E-state index is -1.90. The smallest absolute Gasteiger partial charge is 0.254 e. The van der Waals surface area contributed by atoms with Crippen molar-refractivity contribution in [3.63, 3.8) is 0 Å². The molecule has 1 saturated heterocycles. The summed E-state index contributed by atoms with van der Waals surface area (Å²) in [5.41, 5.74) is 0.492. The van der Waals surface area contributed by atoms with Crippen molar-refractivity contribution in [3.8, 4) is 0 Å². The zero-order chi connectivity index (χ0) is 17.4. The van der Waals surface area contributed by atoms with Crippen LogP contribution in [0.1, 0.15) is 84.0 Å². The molecule has 4 heteroatoms. The molecule has 0 bridgehead atoms. The average Bonchev–Trinajstić information content (AvgIpc) is 2.52. The van der Waals surface area contributed by atoms with Crippen LogP contribution in [0.2, 0.25) is 0 Å². The van der Waals surface area contributed by atoms with Crippen LogP contribution in [-0.2, 0) is 9.53 Å². The second kappa shape index (κ2) is 9.38. The van der Waals surface area contributed by atoms with Crippen molar-refractivity contribution in [2.75, 3.05) is 0 Å². The summed E-state index contributed by atoms with van der Waals surface area (Å²) in [6.45, 7) is 1.91. The number of carbonyl (C=O) groups is 1. The number of hydrogen-bond donors (Lipinski definition) is 2. The van der Waals surface area contributed by atoms with Crippen molar-refractivity contribution in [1.29, 1.82) is 0 Å². The van der Waals surface area contributed by atoms with Crippen molar-refractivity contribution in [2.45, 2.75) is 95.9 Å². The molecular weight excluding hydrogens is 304 g/mol. The van der Waals surface area contributed by atoms with Gasteiger partial charge in [-0.25, -0.2) is 0 Å². The van der Waals surface area contributed by atoms with Gasteiger partial charge in [0.2, 0.25) is 5.78 Å². The maximum atomic E-state index is 12.3. The summed E-state index contributed by atoms with van der Waals surface area (Å²) in [5.74, 6) is -2.56. The third-order valence-corrected chi connectivity index (χ3v) is 5.05. The highest BCUT2D eigenvalue weighted by Crippen LogP contribution is 2.32. The fourth-order valence-corrected chi connectivity index (χ4v) is 3.60. The summed E-state index contributed by atoms with van der Waals surface area (Å²) in [4.78, 5) is 12.3. The van der Waals surface area contributed by atoms with E-state index in [-0.39, 0.29) is 11.9 Å². The van der Waals surface area contributed by atoms with Gasteiger partial charge in [-0.05, 0) is 32.3 Å². The first-order chi connectivity index (χ1) is 11.5. The molecular formula is C20H32O4. The van der Waals surface area contributed by atoms with Gasteiger partial charge in [-0.15, -0.1) is 0 Å². The van der Waals surface area contributed by atoms with E-state index in [9.17, 15) is 15.0 Å². The number of aliphatic hydroxyl groups is 2. The summed E-state index contributed by atoms with van der Waals surface area (Å²) in [6, 6.07) is 0. The molecule has 0 aromatic heterocycles. The van der Waals surface area contributed by atoms with E-state index in [1.807, 2.05) is 6.92 Å². The molecule has 2 aliphatic rings. The lowest BCUT2D eigenvalue weighted by molar-refractivity contribution is -0.202. The summed E-state index contributed by atoms with van der Waals surface area (Å²) in [5, 5.41) is 20.6. The zero-order valence-corrected chi connectivity index (χ0v) is 14.9. The average molecular weight is 336 g/mol. The molecule has 0 aromatic carbocycles. The maximum Gasteiger partial charge on any atom is 0.254 e. The second-order valence-corrected chi connectivity index (χ2v) is 7.25. The largest absolute Gasteiger partial charge is 0.508 e. The van der Waals surface area contributed by atoms with E-state index in [0.717, 1.165) is 31.8 Å². The Labute approximate surface area is 145 Å². The molecule has 1 aliphatic heterocycles. The lowest BCUT2D eigenvalue weighted by atomic mass is 9.90. The van der Waals surface area contributed by atoms with Crippen LogP contribution < -0.4 is 0 Å². The number of aliphatic hydroxyl groups excluding tert-OH is 1. The van der Waals surface area contributed by atoms with Crippen LogP contribution in [-0.4, -0.2) is 27.9 Å². The van der Waals surface area contributed by atoms with Gasteiger partial charge in [0.1, 0.15) is 5.76 Å². The van der Waals surface area contributed by atoms with Crippen LogP contribution in [0.15, 0.2) is 23.5 Å². The third-order valence-electron chi connectivity index (χ3n) is 5.05. The van der Waals surface area contributed by atoms with Crippen molar-refractivity contribution in [1.82, 2.24) is 0 Å². The number of fused-ring (bicyclic) bond motifs is 1. The molecule has 0 amide bonds. The van der Waals surface area contributed by atoms with E-state index >= 15 is 0 Å². The van der Waals surface area contributed by atoms with Gasteiger partial charge in [-0.3, -0.25) is 4.79 Å². The first-order valence-electron chi connectivity index (χ1n) is 9.59. The SMILES string of the molecule is CC1CCCCCCCCCCCCC2=CC(O)=CC(=O)C2(O)O1. The Morgan fingerprint density at radius 1 is 0.958 bits per heavy atom. The van der Waals surface area contributed by atoms with Gasteiger partial charge in [-0.2, -0.15) is 0 Å². The molecule has 2 rings (SSSR count). The Balaban J connectivity index is 2.06. The Bertz CT molecular complexity index is 480. The minimum Gasteiger partial charge on any atom is -0.508 e. The number of ether oxygens (including phenoxy) is 1. The predicted octanol–water partition coefficient (Wildman–Crippen LogP) is 4.73. The molecule has 24 heavy (non-hydrogen) atoms. The molecule has 2 N–H and O–H groups in total. The fourth-order valence-electron chi connectivity index (χ4n) is 3.60. The maximum absolute atomic E-state index is 12.3. The molecule has 1 fully saturated rings. The van der Waals surface area contributed by atoms with E-state index < -0.39 is 11.6 Å². The number of carbonyl (C=O) groups excluding carboxylic acids is 1. The molecule has 2 unspecified atom stereocenters. The van der Waals surface area contributed by atoms with Gasteiger partial charge in [0.05, 0.1) is 6.10 Å². The first-order valence-corrected chi connectivity index (χ1v) is 9.59. The van der Waals surface area contributed by atoms with Gasteiger partial charge in [0, 0.05) is 11.6 Å². The molecule has 4 nitrogen and oxygen atoms in total. The van der Waals surface area contributed by atoms with Gasteiger partial charge in [0.15, 0.2) is 0 Å². The summed E-state index contributed by atoms with van der Waals surface area (Å²) in [7, 11) is 0. The summed E-state index contributed by atoms with van der Waals surface area (Å²) in [6.07, 6.45) is 15.6. The van der Waals surface area contributed by atoms with Crippen molar-refractivity contribution >= 4 is 5.78 Å². The molecule has 0 spiro atoms. The van der Waals surface area contributed by atoms with Crippen LogP contribution in [0.4, 0.5) is 0 Å². The third kappa shape index (κ3) is 5.45. The lowest BCUT2D eigenvalue weighted by Crippen LogP contribution is -2.46. The topological polar surface area (TPSA) is 66.8 Å². The van der Waals surface area contributed by atoms with E-state index in [0.29, 0.717) is 12.0 Å². The Morgan fingerprint density at radius 3 is 2.12 bits per heavy atom. The molecule has 0 aromatic rings. The predicted molar refractivity (Wildman–Crippen MR) is 94.7 cm³/mol. The quantitative estimate of drug-likeness (QED) is 0.671. The van der Waals surface area contributed by atoms with Crippen molar-refractivity contribution in [3.05, 3.63) is 23.5 Å². The highest BCUT2D eigenvalue weighted by molar-refractivity contribution is 6.00. The van der Waals surface area contributed by atoms with Crippen LogP contribution >= 0.6 is 0 Å². The Morgan fingerprint density at radius 2 is 1.50 bits per heavy atom. The first kappa shape index (κ1) is 19.2. The van der Waals surface area contributed by atoms with Gasteiger partial charge >= 0.3 is 0 Å². The van der Waals surface area contributed by atoms with Crippen LogP contribution in [0.25, 0.3) is 0 Å². The number of hydrogen-bond acceptors (Lipinski definition) is 4. The van der Waals surface area contributed by atoms with E-state index in [4.69, 9.17) is 4.74 Å². The van der Waals surface area contributed by atoms with Gasteiger partial charge in [0.25, 0.3) is 5.79 Å². The fraction of sp³-hybridized carbons (Fsp3) is 0.750. The van der Waals surface area contributed by atoms with E-state index in [2.05, 4.69) is 0 Å². The summed E-state index contributed by atoms with van der Waals surface area (Å²) >= 11 is 0. The van der Waals surface area contributed by atoms with Gasteiger partial charge < -0.3 is 14.9 Å². The molecule has 0 radical (unpaired) electrons. The zero-order valence-electron chi connectivity index (χ0n) is 14.9. The van der Waals surface area contributed by atoms with Crippen LogP contribution in [0.3, 0.4) is 0 Å². The highest BCUT2D eigenvalue weighted by atomic mass is 16.6. The minimum absolute atomic E-state index is 0.0923. The Hall–Kier alpha value is -1.13. The Kier molecular flexibility index (Phi) is 7.50. The van der Waals surface area contributed by atoms with Gasteiger partial charge in [-0.1, -0.05) is 57.8 Å². The van der Waals surface area contributed by atoms with E-state index in [1.165, 1.54) is 51.0 Å². The van der Waals surface area contributed by atoms with E-state index in [1.54, 1.807) is 0 Å². The second-order valence-electron chi connectivity index (χ2n) is 7.25. The molecule has 1 aliphatic carbocycles. The van der Waals surface area contributed by atoms with Crippen LogP contribution in [0.5, 0.6) is 0 Å². The molecule has 2 atom stereocenters. The standard InChI is InChI=1S/C20H32O4/c1-16-12-10-8-6-4-2-3-5-7-9-11-13-17-14-18(21)15-19(22)20(17,23)24-16/h14-16,21,23H,2-13H2,1H3. The highest BCUT2D eigenvalue weighted by Gasteiger charge is 2.43. The molecule has 0 saturated carbocycles. The number of ketones is 1. The van der Waals surface area contributed by atoms with Crippen LogP contribution in [0, 0.1) is 0 Å². The van der Waals surface area contributed by atoms with Crippen molar-refractivity contribution < 1.29 is 19.7 Å². The summed E-state index contributed by atoms with van der Waals surface area (Å²) < 4.78 is 5.79. The lowest BCUT2D eigenvalue weighted by Gasteiger charge is -2.33. The van der Waals surface area contributed by atoms with Crippen molar-refractivity contribution in [2.24, 2.45) is 0 Å². The normalized spacial score (nSPS) is 31.8. The molecule has 136 valence electrons. The number of allylic oxidation sites excluding steroid dienone is 1. The number of rotatable bonds is 0. The monoisotopic (exact) mass is 336 g/mol.